The van der Waals surface area contributed by atoms with Gasteiger partial charge in [-0.3, -0.25) is 0 Å². The molecule has 15 heavy (non-hydrogen) atoms. The average molecular weight is 214 g/mol. The van der Waals surface area contributed by atoms with Crippen molar-refractivity contribution in [1.82, 2.24) is 0 Å². The molecule has 0 aromatic heterocycles. The number of hydrogen-bond donors (Lipinski definition) is 1. The zero-order chi connectivity index (χ0) is 11.4. The lowest BCUT2D eigenvalue weighted by Gasteiger charge is -2.15. The molecule has 1 N–H and O–H groups in total. The number of aliphatic hydroxyl groups excluding tert-OH is 1. The van der Waals surface area contributed by atoms with Gasteiger partial charge in [-0.25, -0.2) is 0 Å². The van der Waals surface area contributed by atoms with Crippen LogP contribution < -0.4 is 0 Å². The fourth-order valence-electron chi connectivity index (χ4n) is 2.14. The zero-order valence-corrected chi connectivity index (χ0v) is 10.8. The molecule has 0 rings (SSSR count). The van der Waals surface area contributed by atoms with Crippen LogP contribution in [0.3, 0.4) is 0 Å². The van der Waals surface area contributed by atoms with Gasteiger partial charge in [-0.15, -0.1) is 0 Å². The highest BCUT2D eigenvalue weighted by Gasteiger charge is 2.07. The molecule has 92 valence electrons. The highest BCUT2D eigenvalue weighted by molar-refractivity contribution is 4.60. The Morgan fingerprint density at radius 2 is 1.27 bits per heavy atom. The van der Waals surface area contributed by atoms with E-state index in [2.05, 4.69) is 13.8 Å². The van der Waals surface area contributed by atoms with Gasteiger partial charge in [0.15, 0.2) is 0 Å². The quantitative estimate of drug-likeness (QED) is 0.501. The summed E-state index contributed by atoms with van der Waals surface area (Å²) in [6.07, 6.45) is 13.2. The van der Waals surface area contributed by atoms with Crippen molar-refractivity contribution in [3.05, 3.63) is 0 Å². The molecule has 0 saturated carbocycles. The molecule has 0 aliphatic carbocycles. The van der Waals surface area contributed by atoms with Crippen LogP contribution in [-0.4, -0.2) is 11.7 Å². The summed E-state index contributed by atoms with van der Waals surface area (Å²) in [7, 11) is 0. The molecule has 0 saturated heterocycles. The van der Waals surface area contributed by atoms with Gasteiger partial charge in [0, 0.05) is 6.61 Å². The highest BCUT2D eigenvalue weighted by Crippen LogP contribution is 2.22. The summed E-state index contributed by atoms with van der Waals surface area (Å²) in [5, 5.41) is 8.71. The van der Waals surface area contributed by atoms with Crippen LogP contribution in [0.2, 0.25) is 0 Å². The van der Waals surface area contributed by atoms with E-state index in [4.69, 9.17) is 5.11 Å². The summed E-state index contributed by atoms with van der Waals surface area (Å²) in [6, 6.07) is 0. The van der Waals surface area contributed by atoms with E-state index in [0.29, 0.717) is 6.61 Å². The van der Waals surface area contributed by atoms with Gasteiger partial charge in [0.1, 0.15) is 0 Å². The second-order valence-corrected chi connectivity index (χ2v) is 4.72. The largest absolute Gasteiger partial charge is 0.396 e. The van der Waals surface area contributed by atoms with Gasteiger partial charge in [0.05, 0.1) is 0 Å². The summed E-state index contributed by atoms with van der Waals surface area (Å²) < 4.78 is 0. The van der Waals surface area contributed by atoms with Crippen LogP contribution >= 0.6 is 0 Å². The minimum Gasteiger partial charge on any atom is -0.396 e. The second kappa shape index (κ2) is 12.0. The third-order valence-corrected chi connectivity index (χ3v) is 3.20. The summed E-state index contributed by atoms with van der Waals surface area (Å²) >= 11 is 0. The topological polar surface area (TPSA) is 20.2 Å². The number of unbranched alkanes of at least 4 members (excludes halogenated alkanes) is 4. The molecule has 0 bridgehead atoms. The lowest BCUT2D eigenvalue weighted by atomic mass is 9.91. The van der Waals surface area contributed by atoms with E-state index >= 15 is 0 Å². The van der Waals surface area contributed by atoms with Crippen LogP contribution in [0.25, 0.3) is 0 Å². The van der Waals surface area contributed by atoms with Crippen LogP contribution in [0.15, 0.2) is 0 Å². The molecular weight excluding hydrogens is 184 g/mol. The van der Waals surface area contributed by atoms with Crippen molar-refractivity contribution in [1.29, 1.82) is 0 Å². The predicted molar refractivity (Wildman–Crippen MR) is 68.1 cm³/mol. The molecule has 1 nitrogen and oxygen atoms in total. The first-order valence-corrected chi connectivity index (χ1v) is 6.96. The Balaban J connectivity index is 3.49. The molecule has 0 fully saturated rings. The molecule has 0 aliphatic rings. The second-order valence-electron chi connectivity index (χ2n) is 4.72. The van der Waals surface area contributed by atoms with E-state index in [0.717, 1.165) is 12.3 Å². The third kappa shape index (κ3) is 10.2. The van der Waals surface area contributed by atoms with E-state index in [1.165, 1.54) is 57.8 Å². The lowest BCUT2D eigenvalue weighted by molar-refractivity contribution is 0.278. The van der Waals surface area contributed by atoms with Crippen molar-refractivity contribution in [2.24, 2.45) is 5.92 Å². The fourth-order valence-corrected chi connectivity index (χ4v) is 2.14. The number of aliphatic hydroxyl groups is 1. The molecule has 0 atom stereocenters. The first-order valence-electron chi connectivity index (χ1n) is 6.96. The first-order chi connectivity index (χ1) is 7.35. The predicted octanol–water partition coefficient (Wildman–Crippen LogP) is 4.54. The van der Waals surface area contributed by atoms with Gasteiger partial charge >= 0.3 is 0 Å². The standard InChI is InChI=1S/C14H30O/c1-3-5-10-14(11-6-4-2)12-8-7-9-13-15/h14-15H,3-13H2,1-2H3. The maximum atomic E-state index is 8.71. The molecule has 0 spiro atoms. The minimum atomic E-state index is 0.370. The summed E-state index contributed by atoms with van der Waals surface area (Å²) in [4.78, 5) is 0. The van der Waals surface area contributed by atoms with Crippen LogP contribution in [0.5, 0.6) is 0 Å². The van der Waals surface area contributed by atoms with Gasteiger partial charge in [0.25, 0.3) is 0 Å². The molecular formula is C14H30O. The summed E-state index contributed by atoms with van der Waals surface area (Å²) in [5.74, 6) is 0.962. The molecule has 0 aliphatic heterocycles. The molecule has 0 radical (unpaired) electrons. The monoisotopic (exact) mass is 214 g/mol. The number of rotatable bonds is 11. The zero-order valence-electron chi connectivity index (χ0n) is 10.8. The summed E-state index contributed by atoms with van der Waals surface area (Å²) in [5.41, 5.74) is 0. The molecule has 0 unspecified atom stereocenters. The van der Waals surface area contributed by atoms with Crippen molar-refractivity contribution in [3.63, 3.8) is 0 Å². The maximum absolute atomic E-state index is 8.71. The SMILES string of the molecule is CCCCC(CCCC)CCCCCO. The fraction of sp³-hybridized carbons (Fsp3) is 1.00. The minimum absolute atomic E-state index is 0.370. The van der Waals surface area contributed by atoms with Crippen LogP contribution in [0.4, 0.5) is 0 Å². The van der Waals surface area contributed by atoms with Crippen molar-refractivity contribution in [2.45, 2.75) is 78.1 Å². The molecule has 1 heteroatoms. The molecule has 0 heterocycles. The van der Waals surface area contributed by atoms with Crippen LogP contribution in [0, 0.1) is 5.92 Å². The van der Waals surface area contributed by atoms with Crippen LogP contribution in [0.1, 0.15) is 78.1 Å². The highest BCUT2D eigenvalue weighted by atomic mass is 16.2. The van der Waals surface area contributed by atoms with Crippen molar-refractivity contribution >= 4 is 0 Å². The number of hydrogen-bond acceptors (Lipinski definition) is 1. The Morgan fingerprint density at radius 3 is 1.73 bits per heavy atom. The smallest absolute Gasteiger partial charge is 0.0431 e. The van der Waals surface area contributed by atoms with E-state index in [9.17, 15) is 0 Å². The van der Waals surface area contributed by atoms with Crippen LogP contribution in [-0.2, 0) is 0 Å². The van der Waals surface area contributed by atoms with Gasteiger partial charge in [0.2, 0.25) is 0 Å². The Labute approximate surface area is 96.3 Å². The maximum Gasteiger partial charge on any atom is 0.0431 e. The first kappa shape index (κ1) is 15.0. The Hall–Kier alpha value is -0.0400. The Kier molecular flexibility index (Phi) is 12.0. The summed E-state index contributed by atoms with van der Waals surface area (Å²) in [6.45, 7) is 4.93. The van der Waals surface area contributed by atoms with E-state index in [-0.39, 0.29) is 0 Å². The van der Waals surface area contributed by atoms with Crippen molar-refractivity contribution in [3.8, 4) is 0 Å². The van der Waals surface area contributed by atoms with Crippen molar-refractivity contribution in [2.75, 3.05) is 6.61 Å². The lowest BCUT2D eigenvalue weighted by Crippen LogP contribution is -2.01. The Bertz CT molecular complexity index is 104. The molecule has 0 aromatic carbocycles. The normalized spacial score (nSPS) is 11.2. The average Bonchev–Trinajstić information content (AvgIpc) is 2.27. The van der Waals surface area contributed by atoms with E-state index in [1.54, 1.807) is 0 Å². The molecule has 0 amide bonds. The molecule has 0 aromatic rings. The van der Waals surface area contributed by atoms with Gasteiger partial charge in [-0.2, -0.15) is 0 Å². The van der Waals surface area contributed by atoms with Gasteiger partial charge in [-0.05, 0) is 12.3 Å². The Morgan fingerprint density at radius 1 is 0.733 bits per heavy atom. The van der Waals surface area contributed by atoms with E-state index < -0.39 is 0 Å². The van der Waals surface area contributed by atoms with E-state index in [1.807, 2.05) is 0 Å². The van der Waals surface area contributed by atoms with Gasteiger partial charge in [-0.1, -0.05) is 71.6 Å². The van der Waals surface area contributed by atoms with Crippen molar-refractivity contribution < 1.29 is 5.11 Å². The third-order valence-electron chi connectivity index (χ3n) is 3.20. The van der Waals surface area contributed by atoms with Gasteiger partial charge < -0.3 is 5.11 Å².